The van der Waals surface area contributed by atoms with E-state index in [0.29, 0.717) is 12.5 Å². The highest BCUT2D eigenvalue weighted by Gasteiger charge is 2.29. The van der Waals surface area contributed by atoms with Gasteiger partial charge < -0.3 is 15.5 Å². The Morgan fingerprint density at radius 1 is 1.12 bits per heavy atom. The number of benzene rings is 1. The van der Waals surface area contributed by atoms with Gasteiger partial charge in [-0.3, -0.25) is 4.79 Å². The van der Waals surface area contributed by atoms with Gasteiger partial charge in [0.25, 0.3) is 0 Å². The molecule has 144 valence electrons. The molecule has 2 saturated heterocycles. The van der Waals surface area contributed by atoms with E-state index in [1.165, 1.54) is 32.4 Å². The molecule has 0 bridgehead atoms. The molecular weight excluding hydrogens is 458 g/mol. The third-order valence-electron chi connectivity index (χ3n) is 5.80. The fourth-order valence-corrected chi connectivity index (χ4v) is 5.41. The van der Waals surface area contributed by atoms with Gasteiger partial charge in [-0.25, -0.2) is 0 Å². The molecule has 6 heteroatoms. The van der Waals surface area contributed by atoms with Gasteiger partial charge in [0.15, 0.2) is 0 Å². The predicted molar refractivity (Wildman–Crippen MR) is 113 cm³/mol. The van der Waals surface area contributed by atoms with Gasteiger partial charge in [0.05, 0.1) is 6.04 Å². The molecule has 0 spiro atoms. The number of amides is 1. The van der Waals surface area contributed by atoms with Crippen LogP contribution in [0.25, 0.3) is 0 Å². The third kappa shape index (κ3) is 4.89. The first-order chi connectivity index (χ1) is 12.5. The SMILES string of the molecule is Cc1c(Br)cc(C[C@H](N)C(=O)N2CCC(N3CCCCC3)CC2)cc1Br. The molecule has 2 fully saturated rings. The molecule has 0 unspecified atom stereocenters. The van der Waals surface area contributed by atoms with Crippen molar-refractivity contribution in [2.75, 3.05) is 26.2 Å². The van der Waals surface area contributed by atoms with Gasteiger partial charge >= 0.3 is 0 Å². The van der Waals surface area contributed by atoms with Crippen LogP contribution < -0.4 is 5.73 Å². The van der Waals surface area contributed by atoms with Crippen molar-refractivity contribution in [2.45, 2.75) is 57.5 Å². The van der Waals surface area contributed by atoms with E-state index in [-0.39, 0.29) is 5.91 Å². The van der Waals surface area contributed by atoms with E-state index in [4.69, 9.17) is 5.73 Å². The lowest BCUT2D eigenvalue weighted by molar-refractivity contribution is -0.134. The molecule has 2 N–H and O–H groups in total. The highest BCUT2D eigenvalue weighted by molar-refractivity contribution is 9.11. The lowest BCUT2D eigenvalue weighted by Crippen LogP contribution is -2.52. The number of nitrogens with zero attached hydrogens (tertiary/aromatic N) is 2. The van der Waals surface area contributed by atoms with Crippen molar-refractivity contribution in [1.82, 2.24) is 9.80 Å². The van der Waals surface area contributed by atoms with Crippen LogP contribution in [0.4, 0.5) is 0 Å². The minimum Gasteiger partial charge on any atom is -0.341 e. The Bertz CT molecular complexity index is 615. The molecule has 2 heterocycles. The van der Waals surface area contributed by atoms with Crippen molar-refractivity contribution < 1.29 is 4.79 Å². The summed E-state index contributed by atoms with van der Waals surface area (Å²) in [4.78, 5) is 17.4. The molecule has 1 atom stereocenters. The molecule has 0 aliphatic carbocycles. The van der Waals surface area contributed by atoms with Crippen molar-refractivity contribution in [3.8, 4) is 0 Å². The van der Waals surface area contributed by atoms with E-state index in [2.05, 4.69) is 55.8 Å². The number of rotatable bonds is 4. The second-order valence-corrected chi connectivity index (χ2v) is 9.36. The molecular formula is C20H29Br2N3O. The van der Waals surface area contributed by atoms with Crippen molar-refractivity contribution in [1.29, 1.82) is 0 Å². The summed E-state index contributed by atoms with van der Waals surface area (Å²) < 4.78 is 2.09. The monoisotopic (exact) mass is 485 g/mol. The normalized spacial score (nSPS) is 21.0. The summed E-state index contributed by atoms with van der Waals surface area (Å²) in [6, 6.07) is 4.31. The fraction of sp³-hybridized carbons (Fsp3) is 0.650. The molecule has 0 saturated carbocycles. The zero-order chi connectivity index (χ0) is 18.7. The number of carbonyl (C=O) groups is 1. The third-order valence-corrected chi connectivity index (χ3v) is 7.44. The first-order valence-corrected chi connectivity index (χ1v) is 11.3. The van der Waals surface area contributed by atoms with Crippen molar-refractivity contribution >= 4 is 37.8 Å². The molecule has 0 aromatic heterocycles. The van der Waals surface area contributed by atoms with Crippen LogP contribution in [0, 0.1) is 6.92 Å². The number of likely N-dealkylation sites (tertiary alicyclic amines) is 2. The van der Waals surface area contributed by atoms with Crippen LogP contribution in [0.5, 0.6) is 0 Å². The largest absolute Gasteiger partial charge is 0.341 e. The van der Waals surface area contributed by atoms with Gasteiger partial charge in [0, 0.05) is 28.1 Å². The van der Waals surface area contributed by atoms with Gasteiger partial charge in [0.1, 0.15) is 0 Å². The number of nitrogens with two attached hydrogens (primary N) is 1. The number of piperidine rings is 2. The van der Waals surface area contributed by atoms with Crippen LogP contribution >= 0.6 is 31.9 Å². The topological polar surface area (TPSA) is 49.6 Å². The van der Waals surface area contributed by atoms with Crippen LogP contribution in [0.2, 0.25) is 0 Å². The Hall–Kier alpha value is -0.430. The maximum atomic E-state index is 12.8. The number of hydrogen-bond acceptors (Lipinski definition) is 3. The molecule has 1 aromatic rings. The Balaban J connectivity index is 1.53. The highest BCUT2D eigenvalue weighted by atomic mass is 79.9. The van der Waals surface area contributed by atoms with Crippen LogP contribution in [0.3, 0.4) is 0 Å². The Labute approximate surface area is 173 Å². The standard InChI is InChI=1S/C20H29Br2N3O/c1-14-17(21)11-15(12-18(14)22)13-19(23)20(26)25-9-5-16(6-10-25)24-7-3-2-4-8-24/h11-12,16,19H,2-10,13,23H2,1H3/t19-/m0/s1. The maximum Gasteiger partial charge on any atom is 0.239 e. The zero-order valence-electron chi connectivity index (χ0n) is 15.5. The number of hydrogen-bond donors (Lipinski definition) is 1. The summed E-state index contributed by atoms with van der Waals surface area (Å²) in [6.45, 7) is 6.20. The van der Waals surface area contributed by atoms with Crippen molar-refractivity contribution in [3.05, 3.63) is 32.2 Å². The summed E-state index contributed by atoms with van der Waals surface area (Å²) in [5.74, 6) is 0.0925. The van der Waals surface area contributed by atoms with E-state index in [1.54, 1.807) is 0 Å². The molecule has 1 amide bonds. The minimum atomic E-state index is -0.469. The van der Waals surface area contributed by atoms with Crippen molar-refractivity contribution in [2.24, 2.45) is 5.73 Å². The van der Waals surface area contributed by atoms with Gasteiger partial charge in [-0.05, 0) is 75.4 Å². The van der Waals surface area contributed by atoms with E-state index >= 15 is 0 Å². The summed E-state index contributed by atoms with van der Waals surface area (Å²) in [7, 11) is 0. The summed E-state index contributed by atoms with van der Waals surface area (Å²) in [6.07, 6.45) is 6.76. The molecule has 26 heavy (non-hydrogen) atoms. The fourth-order valence-electron chi connectivity index (χ4n) is 4.13. The smallest absolute Gasteiger partial charge is 0.239 e. The van der Waals surface area contributed by atoms with E-state index in [9.17, 15) is 4.79 Å². The van der Waals surface area contributed by atoms with E-state index in [0.717, 1.165) is 46.0 Å². The van der Waals surface area contributed by atoms with Gasteiger partial charge in [-0.2, -0.15) is 0 Å². The van der Waals surface area contributed by atoms with Gasteiger partial charge in [-0.1, -0.05) is 38.3 Å². The second kappa shape index (κ2) is 9.18. The maximum absolute atomic E-state index is 12.8. The molecule has 1 aromatic carbocycles. The zero-order valence-corrected chi connectivity index (χ0v) is 18.7. The van der Waals surface area contributed by atoms with Crippen LogP contribution in [-0.4, -0.2) is 54.0 Å². The predicted octanol–water partition coefficient (Wildman–Crippen LogP) is 3.87. The quantitative estimate of drug-likeness (QED) is 0.702. The van der Waals surface area contributed by atoms with E-state index < -0.39 is 6.04 Å². The Morgan fingerprint density at radius 3 is 2.27 bits per heavy atom. The van der Waals surface area contributed by atoms with Crippen LogP contribution in [-0.2, 0) is 11.2 Å². The lowest BCUT2D eigenvalue weighted by atomic mass is 9.98. The average Bonchev–Trinajstić information content (AvgIpc) is 2.66. The average molecular weight is 487 g/mol. The molecule has 2 aliphatic rings. The highest BCUT2D eigenvalue weighted by Crippen LogP contribution is 2.27. The Kier molecular flexibility index (Phi) is 7.17. The first kappa shape index (κ1) is 20.3. The van der Waals surface area contributed by atoms with E-state index in [1.807, 2.05) is 4.90 Å². The number of carbonyl (C=O) groups excluding carboxylic acids is 1. The van der Waals surface area contributed by atoms with Gasteiger partial charge in [0.2, 0.25) is 5.91 Å². The Morgan fingerprint density at radius 2 is 1.69 bits per heavy atom. The first-order valence-electron chi connectivity index (χ1n) is 9.68. The van der Waals surface area contributed by atoms with Crippen molar-refractivity contribution in [3.63, 3.8) is 0 Å². The molecule has 2 aliphatic heterocycles. The summed E-state index contributed by atoms with van der Waals surface area (Å²) in [5, 5.41) is 0. The van der Waals surface area contributed by atoms with Crippen LogP contribution in [0.15, 0.2) is 21.1 Å². The summed E-state index contributed by atoms with van der Waals surface area (Å²) >= 11 is 7.15. The molecule has 3 rings (SSSR count). The molecule has 4 nitrogen and oxygen atoms in total. The molecule has 0 radical (unpaired) electrons. The summed E-state index contributed by atoms with van der Waals surface area (Å²) in [5.41, 5.74) is 8.51. The minimum absolute atomic E-state index is 0.0925. The number of halogens is 2. The van der Waals surface area contributed by atoms with Crippen LogP contribution in [0.1, 0.15) is 43.2 Å². The lowest BCUT2D eigenvalue weighted by Gasteiger charge is -2.40. The van der Waals surface area contributed by atoms with Gasteiger partial charge in [-0.15, -0.1) is 0 Å². The second-order valence-electron chi connectivity index (χ2n) is 7.65.